The van der Waals surface area contributed by atoms with Gasteiger partial charge < -0.3 is 15.0 Å². The summed E-state index contributed by atoms with van der Waals surface area (Å²) in [5, 5.41) is 3.21. The lowest BCUT2D eigenvalue weighted by molar-refractivity contribution is 0.0652. The molecule has 19 heavy (non-hydrogen) atoms. The molecule has 2 rings (SSSR count). The van der Waals surface area contributed by atoms with Crippen molar-refractivity contribution in [3.8, 4) is 5.75 Å². The zero-order valence-electron chi connectivity index (χ0n) is 11.0. The largest absolute Gasteiger partial charge is 0.496 e. The van der Waals surface area contributed by atoms with Gasteiger partial charge in [0.25, 0.3) is 5.91 Å². The van der Waals surface area contributed by atoms with Gasteiger partial charge in [0, 0.05) is 25.7 Å². The molecule has 1 aliphatic rings. The monoisotopic (exact) mass is 288 g/mol. The number of ether oxygens (including phenoxy) is 1. The highest BCUT2D eigenvalue weighted by Gasteiger charge is 2.26. The van der Waals surface area contributed by atoms with Gasteiger partial charge in [0.1, 0.15) is 11.6 Å². The molecule has 4 nitrogen and oxygen atoms in total. The Bertz CT molecular complexity index is 456. The van der Waals surface area contributed by atoms with Crippen molar-refractivity contribution >= 4 is 18.3 Å². The van der Waals surface area contributed by atoms with E-state index in [1.807, 2.05) is 6.92 Å². The normalized spacial score (nSPS) is 18.7. The second-order valence-corrected chi connectivity index (χ2v) is 4.40. The van der Waals surface area contributed by atoms with Crippen LogP contribution in [0.5, 0.6) is 5.75 Å². The van der Waals surface area contributed by atoms with E-state index in [-0.39, 0.29) is 29.9 Å². The van der Waals surface area contributed by atoms with Crippen LogP contribution in [0.15, 0.2) is 18.2 Å². The molecule has 1 aromatic carbocycles. The molecule has 0 aliphatic carbocycles. The van der Waals surface area contributed by atoms with Crippen LogP contribution in [-0.2, 0) is 0 Å². The first-order valence-electron chi connectivity index (χ1n) is 5.98. The number of benzene rings is 1. The Morgan fingerprint density at radius 2 is 2.26 bits per heavy atom. The molecular formula is C13H18ClFN2O2. The fraction of sp³-hybridized carbons (Fsp3) is 0.462. The summed E-state index contributed by atoms with van der Waals surface area (Å²) >= 11 is 0. The number of carbonyl (C=O) groups is 1. The highest BCUT2D eigenvalue weighted by molar-refractivity contribution is 5.97. The highest BCUT2D eigenvalue weighted by Crippen LogP contribution is 2.22. The van der Waals surface area contributed by atoms with E-state index < -0.39 is 5.82 Å². The number of carbonyl (C=O) groups excluding carboxylic acids is 1. The fourth-order valence-electron chi connectivity index (χ4n) is 2.14. The topological polar surface area (TPSA) is 41.6 Å². The number of nitrogens with zero attached hydrogens (tertiary/aromatic N) is 1. The lowest BCUT2D eigenvalue weighted by atomic mass is 10.1. The Labute approximate surface area is 118 Å². The summed E-state index contributed by atoms with van der Waals surface area (Å²) in [5.74, 6) is -0.200. The molecule has 0 bridgehead atoms. The summed E-state index contributed by atoms with van der Waals surface area (Å²) in [7, 11) is 1.48. The average molecular weight is 289 g/mol. The smallest absolute Gasteiger partial charge is 0.258 e. The lowest BCUT2D eigenvalue weighted by Gasteiger charge is -2.34. The highest BCUT2D eigenvalue weighted by atomic mass is 35.5. The van der Waals surface area contributed by atoms with Gasteiger partial charge in [-0.05, 0) is 25.1 Å². The van der Waals surface area contributed by atoms with Gasteiger partial charge >= 0.3 is 0 Å². The van der Waals surface area contributed by atoms with E-state index in [1.165, 1.54) is 25.3 Å². The van der Waals surface area contributed by atoms with Crippen LogP contribution in [-0.4, -0.2) is 43.6 Å². The molecule has 1 fully saturated rings. The van der Waals surface area contributed by atoms with Crippen LogP contribution in [0.3, 0.4) is 0 Å². The summed E-state index contributed by atoms with van der Waals surface area (Å²) in [6.45, 7) is 4.10. The number of nitrogens with one attached hydrogen (secondary N) is 1. The van der Waals surface area contributed by atoms with Gasteiger partial charge in [-0.25, -0.2) is 4.39 Å². The molecule has 0 spiro atoms. The van der Waals surface area contributed by atoms with E-state index in [0.717, 1.165) is 13.1 Å². The van der Waals surface area contributed by atoms with E-state index >= 15 is 0 Å². The quantitative estimate of drug-likeness (QED) is 0.900. The van der Waals surface area contributed by atoms with Gasteiger partial charge in [-0.15, -0.1) is 12.4 Å². The first-order chi connectivity index (χ1) is 8.63. The summed E-state index contributed by atoms with van der Waals surface area (Å²) < 4.78 is 18.4. The third kappa shape index (κ3) is 3.36. The van der Waals surface area contributed by atoms with Crippen LogP contribution < -0.4 is 10.1 Å². The van der Waals surface area contributed by atoms with Crippen molar-refractivity contribution in [3.05, 3.63) is 29.6 Å². The van der Waals surface area contributed by atoms with Crippen molar-refractivity contribution in [2.45, 2.75) is 13.0 Å². The second kappa shape index (κ2) is 6.73. The summed E-state index contributed by atoms with van der Waals surface area (Å²) in [4.78, 5) is 14.1. The third-order valence-corrected chi connectivity index (χ3v) is 3.15. The maximum absolute atomic E-state index is 13.3. The van der Waals surface area contributed by atoms with Gasteiger partial charge in [0.05, 0.1) is 12.7 Å². The van der Waals surface area contributed by atoms with Crippen LogP contribution in [0.1, 0.15) is 17.3 Å². The van der Waals surface area contributed by atoms with Crippen LogP contribution >= 0.6 is 12.4 Å². The van der Waals surface area contributed by atoms with Crippen molar-refractivity contribution in [2.75, 3.05) is 26.7 Å². The molecular weight excluding hydrogens is 271 g/mol. The fourth-order valence-corrected chi connectivity index (χ4v) is 2.14. The minimum Gasteiger partial charge on any atom is -0.496 e. The molecule has 1 amide bonds. The number of halogens is 2. The summed E-state index contributed by atoms with van der Waals surface area (Å²) in [6.07, 6.45) is 0. The minimum atomic E-state index is -0.429. The van der Waals surface area contributed by atoms with Crippen molar-refractivity contribution in [1.29, 1.82) is 0 Å². The zero-order chi connectivity index (χ0) is 13.1. The van der Waals surface area contributed by atoms with E-state index in [4.69, 9.17) is 4.74 Å². The maximum Gasteiger partial charge on any atom is 0.258 e. The van der Waals surface area contributed by atoms with Crippen molar-refractivity contribution < 1.29 is 13.9 Å². The van der Waals surface area contributed by atoms with Gasteiger partial charge in [0.15, 0.2) is 0 Å². The van der Waals surface area contributed by atoms with Gasteiger partial charge in [-0.2, -0.15) is 0 Å². The molecule has 1 heterocycles. The van der Waals surface area contributed by atoms with Crippen LogP contribution in [0.25, 0.3) is 0 Å². The molecule has 1 aliphatic heterocycles. The molecule has 1 N–H and O–H groups in total. The van der Waals surface area contributed by atoms with E-state index in [0.29, 0.717) is 12.3 Å². The molecule has 0 radical (unpaired) electrons. The molecule has 1 saturated heterocycles. The Balaban J connectivity index is 0.00000180. The first-order valence-corrected chi connectivity index (χ1v) is 5.98. The number of methoxy groups -OCH3 is 1. The first kappa shape index (κ1) is 15.7. The molecule has 0 saturated carbocycles. The van der Waals surface area contributed by atoms with Gasteiger partial charge in [-0.1, -0.05) is 0 Å². The molecule has 6 heteroatoms. The number of amides is 1. The SMILES string of the molecule is COc1ccc(F)cc1C(=O)N1CCNCC1C.Cl. The predicted octanol–water partition coefficient (Wildman–Crippen LogP) is 1.69. The van der Waals surface area contributed by atoms with E-state index in [1.54, 1.807) is 4.90 Å². The van der Waals surface area contributed by atoms with Crippen LogP contribution in [0.2, 0.25) is 0 Å². The average Bonchev–Trinajstić information content (AvgIpc) is 2.38. The summed E-state index contributed by atoms with van der Waals surface area (Å²) in [5.41, 5.74) is 0.284. The molecule has 106 valence electrons. The van der Waals surface area contributed by atoms with Gasteiger partial charge in [0.2, 0.25) is 0 Å². The summed E-state index contributed by atoms with van der Waals surface area (Å²) in [6, 6.07) is 4.10. The number of hydrogen-bond acceptors (Lipinski definition) is 3. The third-order valence-electron chi connectivity index (χ3n) is 3.15. The Morgan fingerprint density at radius 1 is 1.53 bits per heavy atom. The van der Waals surface area contributed by atoms with Crippen molar-refractivity contribution in [1.82, 2.24) is 10.2 Å². The molecule has 1 atom stereocenters. The zero-order valence-corrected chi connectivity index (χ0v) is 11.8. The van der Waals surface area contributed by atoms with E-state index in [9.17, 15) is 9.18 Å². The van der Waals surface area contributed by atoms with Crippen LogP contribution in [0, 0.1) is 5.82 Å². The number of piperazine rings is 1. The number of hydrogen-bond donors (Lipinski definition) is 1. The standard InChI is InChI=1S/C13H17FN2O2.ClH/c1-9-8-15-5-6-16(9)13(17)11-7-10(14)3-4-12(11)18-2;/h3-4,7,9,15H,5-6,8H2,1-2H3;1H. The Kier molecular flexibility index (Phi) is 5.57. The lowest BCUT2D eigenvalue weighted by Crippen LogP contribution is -2.52. The maximum atomic E-state index is 13.3. The Morgan fingerprint density at radius 3 is 2.89 bits per heavy atom. The van der Waals surface area contributed by atoms with E-state index in [2.05, 4.69) is 5.32 Å². The minimum absolute atomic E-state index is 0. The molecule has 0 aromatic heterocycles. The van der Waals surface area contributed by atoms with Crippen molar-refractivity contribution in [3.63, 3.8) is 0 Å². The second-order valence-electron chi connectivity index (χ2n) is 4.40. The Hall–Kier alpha value is -1.33. The molecule has 1 aromatic rings. The predicted molar refractivity (Wildman–Crippen MR) is 73.6 cm³/mol. The number of rotatable bonds is 2. The van der Waals surface area contributed by atoms with Crippen molar-refractivity contribution in [2.24, 2.45) is 0 Å². The van der Waals surface area contributed by atoms with Gasteiger partial charge in [-0.3, -0.25) is 4.79 Å². The van der Waals surface area contributed by atoms with Crippen LogP contribution in [0.4, 0.5) is 4.39 Å². The molecule has 1 unspecified atom stereocenters.